The maximum atomic E-state index is 12.7. The van der Waals surface area contributed by atoms with Gasteiger partial charge in [-0.25, -0.2) is 5.53 Å². The first kappa shape index (κ1) is 22.5. The Kier molecular flexibility index (Phi) is 6.45. The summed E-state index contributed by atoms with van der Waals surface area (Å²) in [4.78, 5) is 24.9. The van der Waals surface area contributed by atoms with Crippen LogP contribution in [0.4, 0.5) is 18.9 Å². The molecule has 14 heteroatoms. The molecule has 0 saturated heterocycles. The molecule has 1 heterocycles. The number of alkyl halides is 3. The van der Waals surface area contributed by atoms with E-state index in [9.17, 15) is 22.8 Å². The molecule has 0 spiro atoms. The number of halogens is 4. The highest BCUT2D eigenvalue weighted by Crippen LogP contribution is 2.38. The number of hydrazone groups is 1. The van der Waals surface area contributed by atoms with Gasteiger partial charge in [0.25, 0.3) is 11.8 Å². The largest absolute Gasteiger partial charge is 0.573 e. The summed E-state index contributed by atoms with van der Waals surface area (Å²) in [6.07, 6.45) is -5.05. The number of guanidine groups is 1. The van der Waals surface area contributed by atoms with Gasteiger partial charge in [-0.15, -0.1) is 23.8 Å². The minimum atomic E-state index is -5.05. The van der Waals surface area contributed by atoms with E-state index in [0.29, 0.717) is 0 Å². The standard InChI is InChI=1S/C15H18ClF3N6O4/c1-14(2,28-4)12(27)20-10-8(29-15(17,18)19)6-5-7(9(10)16)11(26)21-13-22-23-24-25(13)3/h5-6,23-24H,1-4H3,(H,20,27)(H,21,22,26). The molecule has 0 fully saturated rings. The second-order valence-electron chi connectivity index (χ2n) is 6.19. The van der Waals surface area contributed by atoms with Crippen molar-refractivity contribution in [1.82, 2.24) is 21.4 Å². The van der Waals surface area contributed by atoms with Gasteiger partial charge in [0, 0.05) is 14.2 Å². The van der Waals surface area contributed by atoms with Crippen molar-refractivity contribution in [3.8, 4) is 5.75 Å². The third kappa shape index (κ3) is 5.40. The van der Waals surface area contributed by atoms with Crippen LogP contribution in [0, 0.1) is 0 Å². The summed E-state index contributed by atoms with van der Waals surface area (Å²) < 4.78 is 47.2. The molecular formula is C15H18ClF3N6O4. The summed E-state index contributed by atoms with van der Waals surface area (Å²) in [5.41, 5.74) is 2.78. The van der Waals surface area contributed by atoms with Gasteiger partial charge in [-0.3, -0.25) is 19.9 Å². The number of hydrogen-bond acceptors (Lipinski definition) is 8. The van der Waals surface area contributed by atoms with Crippen LogP contribution in [0.5, 0.6) is 5.75 Å². The molecule has 4 N–H and O–H groups in total. The molecule has 10 nitrogen and oxygen atoms in total. The van der Waals surface area contributed by atoms with Gasteiger partial charge in [0.15, 0.2) is 5.75 Å². The highest BCUT2D eigenvalue weighted by Gasteiger charge is 2.35. The van der Waals surface area contributed by atoms with E-state index in [2.05, 4.69) is 31.5 Å². The predicted molar refractivity (Wildman–Crippen MR) is 96.8 cm³/mol. The highest BCUT2D eigenvalue weighted by atomic mass is 35.5. The Morgan fingerprint density at radius 2 is 1.90 bits per heavy atom. The van der Waals surface area contributed by atoms with Crippen molar-refractivity contribution in [1.29, 1.82) is 0 Å². The van der Waals surface area contributed by atoms with Crippen LogP contribution in [0.3, 0.4) is 0 Å². The van der Waals surface area contributed by atoms with Crippen LogP contribution in [0.1, 0.15) is 24.2 Å². The lowest BCUT2D eigenvalue weighted by molar-refractivity contribution is -0.274. The van der Waals surface area contributed by atoms with E-state index in [1.165, 1.54) is 26.0 Å². The summed E-state index contributed by atoms with van der Waals surface area (Å²) in [7, 11) is 2.79. The molecule has 2 amide bonds. The van der Waals surface area contributed by atoms with Crippen molar-refractivity contribution in [2.75, 3.05) is 19.5 Å². The van der Waals surface area contributed by atoms with E-state index in [0.717, 1.165) is 12.1 Å². The van der Waals surface area contributed by atoms with Crippen LogP contribution in [-0.2, 0) is 9.53 Å². The van der Waals surface area contributed by atoms with Crippen LogP contribution in [0.2, 0.25) is 5.02 Å². The van der Waals surface area contributed by atoms with E-state index < -0.39 is 40.2 Å². The van der Waals surface area contributed by atoms with Gasteiger partial charge in [-0.2, -0.15) is 0 Å². The van der Waals surface area contributed by atoms with Crippen LogP contribution in [0.25, 0.3) is 0 Å². The molecule has 0 radical (unpaired) electrons. The van der Waals surface area contributed by atoms with E-state index >= 15 is 0 Å². The number of rotatable bonds is 5. The smallest absolute Gasteiger partial charge is 0.404 e. The maximum Gasteiger partial charge on any atom is 0.573 e. The number of nitrogens with zero attached hydrogens (tertiary/aromatic N) is 2. The number of amides is 2. The zero-order chi connectivity index (χ0) is 22.0. The first-order chi connectivity index (χ1) is 13.4. The predicted octanol–water partition coefficient (Wildman–Crippen LogP) is 1.56. The van der Waals surface area contributed by atoms with Gasteiger partial charge in [0.1, 0.15) is 11.3 Å². The molecule has 0 atom stereocenters. The van der Waals surface area contributed by atoms with E-state index in [-0.39, 0.29) is 11.5 Å². The van der Waals surface area contributed by atoms with Crippen molar-refractivity contribution in [3.63, 3.8) is 0 Å². The number of ether oxygens (including phenoxy) is 2. The van der Waals surface area contributed by atoms with Crippen LogP contribution in [-0.4, -0.2) is 48.9 Å². The minimum absolute atomic E-state index is 0.0767. The molecule has 1 aliphatic heterocycles. The average molecular weight is 439 g/mol. The zero-order valence-corrected chi connectivity index (χ0v) is 16.4. The molecule has 1 aromatic carbocycles. The fourth-order valence-electron chi connectivity index (χ4n) is 1.98. The molecule has 0 aromatic heterocycles. The Hall–Kier alpha value is -2.77. The average Bonchev–Trinajstić information content (AvgIpc) is 3.01. The fourth-order valence-corrected chi connectivity index (χ4v) is 2.27. The zero-order valence-electron chi connectivity index (χ0n) is 15.7. The second-order valence-corrected chi connectivity index (χ2v) is 6.57. The Morgan fingerprint density at radius 1 is 1.24 bits per heavy atom. The summed E-state index contributed by atoms with van der Waals surface area (Å²) in [6, 6.07) is 1.88. The number of nitrogens with one attached hydrogen (secondary N) is 4. The summed E-state index contributed by atoms with van der Waals surface area (Å²) in [6.45, 7) is 2.79. The second kappa shape index (κ2) is 8.31. The van der Waals surface area contributed by atoms with Gasteiger partial charge in [0.2, 0.25) is 5.96 Å². The SMILES string of the molecule is COC(C)(C)C(=O)Nc1c(OC(F)(F)F)ccc(C(=O)NC2=NNNN2C)c1Cl. The van der Waals surface area contributed by atoms with Crippen LogP contribution < -0.4 is 26.4 Å². The van der Waals surface area contributed by atoms with Gasteiger partial charge >= 0.3 is 6.36 Å². The fraction of sp³-hybridized carbons (Fsp3) is 0.400. The highest BCUT2D eigenvalue weighted by molar-refractivity contribution is 6.37. The molecule has 0 unspecified atom stereocenters. The van der Waals surface area contributed by atoms with Crippen LogP contribution >= 0.6 is 11.6 Å². The number of carbonyl (C=O) groups excluding carboxylic acids is 2. The van der Waals surface area contributed by atoms with E-state index in [1.54, 1.807) is 7.05 Å². The number of anilines is 1. The van der Waals surface area contributed by atoms with Crippen molar-refractivity contribution >= 4 is 35.1 Å². The molecule has 0 bridgehead atoms. The van der Waals surface area contributed by atoms with Crippen LogP contribution in [0.15, 0.2) is 17.2 Å². The quantitative estimate of drug-likeness (QED) is 0.551. The summed E-state index contributed by atoms with van der Waals surface area (Å²) >= 11 is 6.15. The third-order valence-electron chi connectivity index (χ3n) is 3.79. The Morgan fingerprint density at radius 3 is 2.41 bits per heavy atom. The number of benzene rings is 1. The molecule has 29 heavy (non-hydrogen) atoms. The Balaban J connectivity index is 2.42. The lowest BCUT2D eigenvalue weighted by atomic mass is 10.1. The molecule has 1 aliphatic rings. The number of hydrazine groups is 2. The number of carbonyl (C=O) groups is 2. The molecule has 0 saturated carbocycles. The van der Waals surface area contributed by atoms with Crippen molar-refractivity contribution in [3.05, 3.63) is 22.7 Å². The minimum Gasteiger partial charge on any atom is -0.404 e. The molecule has 160 valence electrons. The third-order valence-corrected chi connectivity index (χ3v) is 4.18. The Bertz CT molecular complexity index is 846. The molecule has 1 aromatic rings. The lowest BCUT2D eigenvalue weighted by Gasteiger charge is -2.24. The van der Waals surface area contributed by atoms with Crippen molar-refractivity contribution < 1.29 is 32.2 Å². The van der Waals surface area contributed by atoms with E-state index in [1.807, 2.05) is 0 Å². The van der Waals surface area contributed by atoms with E-state index in [4.69, 9.17) is 16.3 Å². The topological polar surface area (TPSA) is 116 Å². The van der Waals surface area contributed by atoms with Gasteiger partial charge in [-0.1, -0.05) is 11.6 Å². The summed E-state index contributed by atoms with van der Waals surface area (Å²) in [5, 5.41) is 9.23. The van der Waals surface area contributed by atoms with Gasteiger partial charge in [0.05, 0.1) is 10.6 Å². The van der Waals surface area contributed by atoms with Crippen molar-refractivity contribution in [2.45, 2.75) is 25.8 Å². The van der Waals surface area contributed by atoms with Gasteiger partial charge < -0.3 is 14.8 Å². The normalized spacial score (nSPS) is 14.2. The lowest BCUT2D eigenvalue weighted by Crippen LogP contribution is -2.45. The monoisotopic (exact) mass is 438 g/mol. The number of hydrogen-bond donors (Lipinski definition) is 4. The Labute approximate surface area is 168 Å². The molecular weight excluding hydrogens is 421 g/mol. The summed E-state index contributed by atoms with van der Waals surface area (Å²) in [5.74, 6) is -2.31. The first-order valence-corrected chi connectivity index (χ1v) is 8.32. The van der Waals surface area contributed by atoms with Crippen molar-refractivity contribution in [2.24, 2.45) is 5.10 Å². The maximum absolute atomic E-state index is 12.7. The molecule has 2 rings (SSSR count). The molecule has 0 aliphatic carbocycles. The van der Waals surface area contributed by atoms with Gasteiger partial charge in [-0.05, 0) is 26.0 Å². The first-order valence-electron chi connectivity index (χ1n) is 7.94. The number of methoxy groups -OCH3 is 1.